The maximum Gasteiger partial charge on any atom is 0.433 e. The van der Waals surface area contributed by atoms with Gasteiger partial charge in [-0.15, -0.1) is 0 Å². The van der Waals surface area contributed by atoms with E-state index in [1.165, 1.54) is 11.6 Å². The van der Waals surface area contributed by atoms with Gasteiger partial charge >= 0.3 is 5.88 Å². The first-order valence-corrected chi connectivity index (χ1v) is 6.65. The maximum atomic E-state index is 10.7. The first-order valence-electron chi connectivity index (χ1n) is 6.65. The summed E-state index contributed by atoms with van der Waals surface area (Å²) >= 11 is 0. The van der Waals surface area contributed by atoms with Crippen molar-refractivity contribution in [1.29, 1.82) is 0 Å². The molecule has 0 spiro atoms. The highest BCUT2D eigenvalue weighted by Crippen LogP contribution is 2.26. The molecule has 6 heteroatoms. The lowest BCUT2D eigenvalue weighted by molar-refractivity contribution is -0.402. The molecule has 2 aromatic rings. The van der Waals surface area contributed by atoms with E-state index in [0.29, 0.717) is 12.4 Å². The van der Waals surface area contributed by atoms with Gasteiger partial charge in [-0.25, -0.2) is 0 Å². The van der Waals surface area contributed by atoms with Gasteiger partial charge in [-0.3, -0.25) is 10.1 Å². The lowest BCUT2D eigenvalue weighted by Crippen LogP contribution is -2.17. The summed E-state index contributed by atoms with van der Waals surface area (Å²) in [6.45, 7) is 0.680. The van der Waals surface area contributed by atoms with E-state index < -0.39 is 4.92 Å². The van der Waals surface area contributed by atoms with Crippen LogP contribution in [0.5, 0.6) is 0 Å². The van der Waals surface area contributed by atoms with Gasteiger partial charge in [0.2, 0.25) is 0 Å². The van der Waals surface area contributed by atoms with Crippen LogP contribution in [0.1, 0.15) is 22.9 Å². The Morgan fingerprint density at radius 3 is 2.52 bits per heavy atom. The number of methoxy groups -OCH3 is 1. The van der Waals surface area contributed by atoms with Crippen LogP contribution in [-0.2, 0) is 11.2 Å². The largest absolute Gasteiger partial charge is 0.433 e. The average Bonchev–Trinajstić information content (AvgIpc) is 2.97. The zero-order valence-electron chi connectivity index (χ0n) is 12.0. The van der Waals surface area contributed by atoms with Crippen LogP contribution >= 0.6 is 0 Å². The number of hydrogen-bond acceptors (Lipinski definition) is 5. The van der Waals surface area contributed by atoms with Crippen LogP contribution in [0.15, 0.2) is 40.8 Å². The molecule has 0 aliphatic carbocycles. The molecule has 1 aromatic heterocycles. The normalized spacial score (nSPS) is 12.3. The summed E-state index contributed by atoms with van der Waals surface area (Å²) in [6, 6.07) is 10.8. The molecule has 112 valence electrons. The van der Waals surface area contributed by atoms with Crippen LogP contribution in [0.25, 0.3) is 0 Å². The number of nitrogens with one attached hydrogen (secondary N) is 1. The van der Waals surface area contributed by atoms with E-state index in [-0.39, 0.29) is 11.9 Å². The van der Waals surface area contributed by atoms with Gasteiger partial charge < -0.3 is 14.5 Å². The number of hydrogen-bond donors (Lipinski definition) is 1. The molecule has 1 N–H and O–H groups in total. The fraction of sp³-hybridized carbons (Fsp3) is 0.333. The quantitative estimate of drug-likeness (QED) is 0.626. The molecule has 6 nitrogen and oxygen atoms in total. The van der Waals surface area contributed by atoms with Crippen LogP contribution in [0.3, 0.4) is 0 Å². The van der Waals surface area contributed by atoms with Gasteiger partial charge in [-0.2, -0.15) is 0 Å². The van der Waals surface area contributed by atoms with Crippen LogP contribution in [-0.4, -0.2) is 25.7 Å². The molecule has 21 heavy (non-hydrogen) atoms. The first-order chi connectivity index (χ1) is 10.2. The topological polar surface area (TPSA) is 77.5 Å². The molecule has 1 atom stereocenters. The number of ether oxygens (including phenoxy) is 1. The SMILES string of the molecule is CNC(c1ccc(CCOC)cc1)c1ccc([N+](=O)[O-])o1. The Hall–Kier alpha value is -2.18. The zero-order chi connectivity index (χ0) is 15.2. The number of nitrogens with zero attached hydrogens (tertiary/aromatic N) is 1. The molecule has 0 fully saturated rings. The Kier molecular flexibility index (Phi) is 5.08. The van der Waals surface area contributed by atoms with Gasteiger partial charge in [0, 0.05) is 7.11 Å². The average molecular weight is 290 g/mol. The Bertz CT molecular complexity index is 592. The van der Waals surface area contributed by atoms with Crippen molar-refractivity contribution >= 4 is 5.88 Å². The third-order valence-corrected chi connectivity index (χ3v) is 3.27. The van der Waals surface area contributed by atoms with Crippen molar-refractivity contribution in [2.45, 2.75) is 12.5 Å². The smallest absolute Gasteiger partial charge is 0.404 e. The molecule has 0 aliphatic rings. The fourth-order valence-electron chi connectivity index (χ4n) is 2.17. The van der Waals surface area contributed by atoms with Crippen molar-refractivity contribution in [3.63, 3.8) is 0 Å². The standard InChI is InChI=1S/C15H18N2O4/c1-16-15(13-7-8-14(21-13)17(18)19)12-5-3-11(4-6-12)9-10-20-2/h3-8,15-16H,9-10H2,1-2H3. The minimum absolute atomic E-state index is 0.213. The van der Waals surface area contributed by atoms with E-state index in [2.05, 4.69) is 5.32 Å². The summed E-state index contributed by atoms with van der Waals surface area (Å²) < 4.78 is 10.3. The molecule has 0 bridgehead atoms. The lowest BCUT2D eigenvalue weighted by atomic mass is 10.0. The fourth-order valence-corrected chi connectivity index (χ4v) is 2.17. The second-order valence-corrected chi connectivity index (χ2v) is 4.64. The van der Waals surface area contributed by atoms with Gasteiger partial charge in [0.25, 0.3) is 0 Å². The molecule has 0 saturated heterocycles. The maximum absolute atomic E-state index is 10.7. The summed E-state index contributed by atoms with van der Waals surface area (Å²) in [5.74, 6) is 0.274. The van der Waals surface area contributed by atoms with E-state index in [0.717, 1.165) is 12.0 Å². The van der Waals surface area contributed by atoms with Crippen molar-refractivity contribution in [2.75, 3.05) is 20.8 Å². The van der Waals surface area contributed by atoms with E-state index in [1.54, 1.807) is 20.2 Å². The van der Waals surface area contributed by atoms with Crippen LogP contribution in [0.4, 0.5) is 5.88 Å². The minimum Gasteiger partial charge on any atom is -0.404 e. The number of benzene rings is 1. The van der Waals surface area contributed by atoms with E-state index in [4.69, 9.17) is 9.15 Å². The zero-order valence-corrected chi connectivity index (χ0v) is 12.0. The van der Waals surface area contributed by atoms with Crippen molar-refractivity contribution in [2.24, 2.45) is 0 Å². The van der Waals surface area contributed by atoms with Crippen molar-refractivity contribution in [1.82, 2.24) is 5.32 Å². The van der Waals surface area contributed by atoms with E-state index in [1.807, 2.05) is 24.3 Å². The highest BCUT2D eigenvalue weighted by Gasteiger charge is 2.20. The van der Waals surface area contributed by atoms with Gasteiger partial charge in [0.05, 0.1) is 18.7 Å². The molecule has 1 aromatic carbocycles. The summed E-state index contributed by atoms with van der Waals surface area (Å²) in [7, 11) is 3.47. The molecule has 0 amide bonds. The molecule has 1 heterocycles. The molecule has 0 saturated carbocycles. The predicted molar refractivity (Wildman–Crippen MR) is 78.3 cm³/mol. The molecular weight excluding hydrogens is 272 g/mol. The monoisotopic (exact) mass is 290 g/mol. The van der Waals surface area contributed by atoms with Crippen molar-refractivity contribution in [3.05, 3.63) is 63.4 Å². The third-order valence-electron chi connectivity index (χ3n) is 3.27. The molecule has 2 rings (SSSR count). The van der Waals surface area contributed by atoms with Crippen LogP contribution in [0, 0.1) is 10.1 Å². The van der Waals surface area contributed by atoms with Crippen LogP contribution < -0.4 is 5.32 Å². The summed E-state index contributed by atoms with van der Waals surface area (Å²) in [6.07, 6.45) is 0.854. The van der Waals surface area contributed by atoms with Gasteiger partial charge in [0.15, 0.2) is 0 Å². The third kappa shape index (κ3) is 3.68. The highest BCUT2D eigenvalue weighted by atomic mass is 16.6. The van der Waals surface area contributed by atoms with Crippen molar-refractivity contribution < 1.29 is 14.1 Å². The van der Waals surface area contributed by atoms with Gasteiger partial charge in [-0.1, -0.05) is 24.3 Å². The minimum atomic E-state index is -0.538. The Labute approximate surface area is 122 Å². The lowest BCUT2D eigenvalue weighted by Gasteiger charge is -2.14. The summed E-state index contributed by atoms with van der Waals surface area (Å²) in [5, 5.41) is 13.8. The van der Waals surface area contributed by atoms with Crippen molar-refractivity contribution in [3.8, 4) is 0 Å². The first kappa shape index (κ1) is 15.2. The number of furan rings is 1. The van der Waals surface area contributed by atoms with E-state index >= 15 is 0 Å². The second-order valence-electron chi connectivity index (χ2n) is 4.64. The molecular formula is C15H18N2O4. The van der Waals surface area contributed by atoms with Crippen LogP contribution in [0.2, 0.25) is 0 Å². The van der Waals surface area contributed by atoms with E-state index in [9.17, 15) is 10.1 Å². The number of nitro groups is 1. The summed E-state index contributed by atoms with van der Waals surface area (Å²) in [4.78, 5) is 10.1. The number of rotatable bonds is 7. The molecule has 0 radical (unpaired) electrons. The van der Waals surface area contributed by atoms with Gasteiger partial charge in [0.1, 0.15) is 10.7 Å². The highest BCUT2D eigenvalue weighted by molar-refractivity contribution is 5.32. The molecule has 0 aliphatic heterocycles. The molecule has 1 unspecified atom stereocenters. The summed E-state index contributed by atoms with van der Waals surface area (Å²) in [5.41, 5.74) is 2.17. The van der Waals surface area contributed by atoms with Gasteiger partial charge in [-0.05, 0) is 30.7 Å². The Balaban J connectivity index is 2.18. The second kappa shape index (κ2) is 7.01. The Morgan fingerprint density at radius 1 is 1.29 bits per heavy atom. The Morgan fingerprint density at radius 2 is 2.00 bits per heavy atom. The predicted octanol–water partition coefficient (Wildman–Crippen LogP) is 2.69.